The van der Waals surface area contributed by atoms with Crippen molar-refractivity contribution in [1.82, 2.24) is 9.97 Å². The fraction of sp³-hybridized carbons (Fsp3) is 0.0333. The van der Waals surface area contributed by atoms with E-state index in [1.807, 2.05) is 91.1 Å². The molecule has 0 spiro atoms. The van der Waals surface area contributed by atoms with Gasteiger partial charge in [-0.2, -0.15) is 0 Å². The molecule has 5 heteroatoms. The Morgan fingerprint density at radius 2 is 1.37 bits per heavy atom. The summed E-state index contributed by atoms with van der Waals surface area (Å²) in [5, 5.41) is 9.15. The Morgan fingerprint density at radius 3 is 2.00 bits per heavy atom. The quantitative estimate of drug-likeness (QED) is 0.177. The summed E-state index contributed by atoms with van der Waals surface area (Å²) in [6.07, 6.45) is 3.45. The van der Waals surface area contributed by atoms with Crippen LogP contribution in [-0.2, 0) is 20.1 Å². The summed E-state index contributed by atoms with van der Waals surface area (Å²) in [7, 11) is 1.67. The van der Waals surface area contributed by atoms with Crippen LogP contribution < -0.4 is 0 Å². The van der Waals surface area contributed by atoms with Gasteiger partial charge in [0.15, 0.2) is 0 Å². The van der Waals surface area contributed by atoms with E-state index in [0.717, 1.165) is 39.3 Å². The maximum absolute atomic E-state index is 9.15. The minimum Gasteiger partial charge on any atom is -0.507 e. The predicted molar refractivity (Wildman–Crippen MR) is 139 cm³/mol. The summed E-state index contributed by atoms with van der Waals surface area (Å²) in [5.41, 5.74) is 6.41. The van der Waals surface area contributed by atoms with Crippen LogP contribution >= 0.6 is 0 Å². The van der Waals surface area contributed by atoms with Gasteiger partial charge in [0.1, 0.15) is 5.75 Å². The molecule has 1 heterocycles. The molecule has 4 aromatic carbocycles. The van der Waals surface area contributed by atoms with Crippen molar-refractivity contribution in [1.29, 1.82) is 0 Å². The second-order valence-corrected chi connectivity index (χ2v) is 7.41. The zero-order valence-corrected chi connectivity index (χ0v) is 21.6. The molecule has 0 aliphatic rings. The van der Waals surface area contributed by atoms with Gasteiger partial charge in [-0.3, -0.25) is 9.98 Å². The molecule has 0 unspecified atom stereocenters. The number of nitrogens with zero attached hydrogens (tertiary/aromatic N) is 3. The van der Waals surface area contributed by atoms with Crippen LogP contribution in [0.4, 0.5) is 0 Å². The van der Waals surface area contributed by atoms with Crippen molar-refractivity contribution < 1.29 is 25.2 Å². The van der Waals surface area contributed by atoms with Gasteiger partial charge in [-0.05, 0) is 17.7 Å². The first-order valence-electron chi connectivity index (χ1n) is 10.9. The number of aliphatic imine (C=N–C) groups is 1. The van der Waals surface area contributed by atoms with Crippen LogP contribution in [0.1, 0.15) is 5.56 Å². The van der Waals surface area contributed by atoms with E-state index in [0.29, 0.717) is 0 Å². The number of rotatable bonds is 4. The molecule has 5 rings (SSSR count). The average Bonchev–Trinajstić information content (AvgIpc) is 2.92. The summed E-state index contributed by atoms with van der Waals surface area (Å²) in [6.45, 7) is 0. The second-order valence-electron chi connectivity index (χ2n) is 7.41. The van der Waals surface area contributed by atoms with Crippen LogP contribution in [0, 0.1) is 6.07 Å². The minimum atomic E-state index is 0. The Hall–Kier alpha value is -3.92. The van der Waals surface area contributed by atoms with Gasteiger partial charge in [0, 0.05) is 56.4 Å². The molecule has 0 saturated heterocycles. The standard InChI is InChI=1S/C22H15N2.C8H9NO.Ir/c1-4-10-17(11-5-1)20-16-23-21(18-12-6-2-7-13-18)22(24-20)19-14-8-3-9-15-19;1-9-6-7-4-2-3-5-8(7)10;/h1-12,14-16H;2-6,10H,1H3;/q-1;;. The Kier molecular flexibility index (Phi) is 9.61. The van der Waals surface area contributed by atoms with Crippen molar-refractivity contribution in [3.05, 3.63) is 127 Å². The number of phenolic OH excluding ortho intramolecular Hbond substituents is 1. The maximum atomic E-state index is 9.15. The Bertz CT molecular complexity index is 1360. The molecule has 0 aliphatic carbocycles. The fourth-order valence-electron chi connectivity index (χ4n) is 3.41. The third kappa shape index (κ3) is 6.79. The average molecular weight is 635 g/mol. The van der Waals surface area contributed by atoms with Crippen LogP contribution in [0.2, 0.25) is 0 Å². The number of para-hydroxylation sites is 1. The van der Waals surface area contributed by atoms with Crippen molar-refractivity contribution >= 4 is 6.21 Å². The SMILES string of the molecule is CN=Cc1ccccc1O.[Ir].[c-]1ccccc1-c1ncc(-c2ccccc2)nc1-c1ccccc1. The van der Waals surface area contributed by atoms with Crippen molar-refractivity contribution in [3.8, 4) is 39.5 Å². The summed E-state index contributed by atoms with van der Waals surface area (Å²) in [5.74, 6) is 0.271. The number of aromatic hydroxyl groups is 1. The second kappa shape index (κ2) is 13.1. The van der Waals surface area contributed by atoms with E-state index in [9.17, 15) is 0 Å². The van der Waals surface area contributed by atoms with Gasteiger partial charge >= 0.3 is 0 Å². The van der Waals surface area contributed by atoms with Gasteiger partial charge in [-0.15, -0.1) is 35.9 Å². The molecule has 35 heavy (non-hydrogen) atoms. The molecular formula is C30H24IrN3O-. The molecule has 1 aromatic heterocycles. The first-order valence-corrected chi connectivity index (χ1v) is 10.9. The molecule has 0 saturated carbocycles. The number of hydrogen-bond acceptors (Lipinski definition) is 4. The van der Waals surface area contributed by atoms with Crippen LogP contribution in [0.5, 0.6) is 5.75 Å². The molecule has 5 aromatic rings. The van der Waals surface area contributed by atoms with E-state index in [1.54, 1.807) is 25.4 Å². The maximum Gasteiger partial charge on any atom is 0.124 e. The summed E-state index contributed by atoms with van der Waals surface area (Å²) < 4.78 is 0. The minimum absolute atomic E-state index is 0. The van der Waals surface area contributed by atoms with Crippen LogP contribution in [0.25, 0.3) is 33.8 Å². The molecule has 0 atom stereocenters. The molecule has 1 radical (unpaired) electrons. The molecular weight excluding hydrogens is 611 g/mol. The topological polar surface area (TPSA) is 58.4 Å². The monoisotopic (exact) mass is 635 g/mol. The Balaban J connectivity index is 0.000000264. The van der Waals surface area contributed by atoms with Gasteiger partial charge in [0.05, 0.1) is 11.4 Å². The van der Waals surface area contributed by atoms with Gasteiger partial charge in [-0.25, -0.2) is 0 Å². The van der Waals surface area contributed by atoms with E-state index in [4.69, 9.17) is 15.1 Å². The summed E-state index contributed by atoms with van der Waals surface area (Å²) >= 11 is 0. The van der Waals surface area contributed by atoms with Gasteiger partial charge < -0.3 is 10.1 Å². The molecule has 0 bridgehead atoms. The number of benzene rings is 4. The Labute approximate surface area is 219 Å². The van der Waals surface area contributed by atoms with Crippen molar-refractivity contribution in [3.63, 3.8) is 0 Å². The largest absolute Gasteiger partial charge is 0.507 e. The fourth-order valence-corrected chi connectivity index (χ4v) is 3.41. The molecule has 0 fully saturated rings. The van der Waals surface area contributed by atoms with Crippen LogP contribution in [-0.4, -0.2) is 28.3 Å². The first-order chi connectivity index (χ1) is 16.8. The third-order valence-corrected chi connectivity index (χ3v) is 5.06. The van der Waals surface area contributed by atoms with Crippen LogP contribution in [0.3, 0.4) is 0 Å². The van der Waals surface area contributed by atoms with E-state index >= 15 is 0 Å². The third-order valence-electron chi connectivity index (χ3n) is 5.06. The number of hydrogen-bond donors (Lipinski definition) is 1. The van der Waals surface area contributed by atoms with E-state index in [-0.39, 0.29) is 25.9 Å². The van der Waals surface area contributed by atoms with Crippen molar-refractivity contribution in [2.45, 2.75) is 0 Å². The zero-order valence-electron chi connectivity index (χ0n) is 19.2. The predicted octanol–water partition coefficient (Wildman–Crippen LogP) is 6.72. The molecule has 4 nitrogen and oxygen atoms in total. The first kappa shape index (κ1) is 25.7. The van der Waals surface area contributed by atoms with Crippen LogP contribution in [0.15, 0.2) is 120 Å². The molecule has 0 aliphatic heterocycles. The number of aromatic nitrogens is 2. The van der Waals surface area contributed by atoms with E-state index in [1.165, 1.54) is 0 Å². The molecule has 1 N–H and O–H groups in total. The van der Waals surface area contributed by atoms with Crippen molar-refractivity contribution in [2.75, 3.05) is 7.05 Å². The Morgan fingerprint density at radius 1 is 0.743 bits per heavy atom. The van der Waals surface area contributed by atoms with Gasteiger partial charge in [0.25, 0.3) is 0 Å². The van der Waals surface area contributed by atoms with E-state index < -0.39 is 0 Å². The zero-order chi connectivity index (χ0) is 23.6. The normalized spacial score (nSPS) is 10.2. The molecule has 0 amide bonds. The van der Waals surface area contributed by atoms with Gasteiger partial charge in [-0.1, -0.05) is 72.8 Å². The summed E-state index contributed by atoms with van der Waals surface area (Å²) in [4.78, 5) is 13.4. The van der Waals surface area contributed by atoms with Crippen molar-refractivity contribution in [2.24, 2.45) is 4.99 Å². The smallest absolute Gasteiger partial charge is 0.124 e. The molecule has 175 valence electrons. The van der Waals surface area contributed by atoms with E-state index in [2.05, 4.69) is 23.2 Å². The summed E-state index contributed by atoms with van der Waals surface area (Å²) in [6, 6.07) is 38.5. The van der Waals surface area contributed by atoms with Gasteiger partial charge in [0.2, 0.25) is 0 Å². The number of phenols is 1.